The maximum Gasteiger partial charge on any atom is 0.309 e. The van der Waals surface area contributed by atoms with Crippen LogP contribution in [0.1, 0.15) is 20.3 Å². The Kier molecular flexibility index (Phi) is 3.81. The van der Waals surface area contributed by atoms with Crippen molar-refractivity contribution in [2.24, 2.45) is 5.41 Å². The Labute approximate surface area is 101 Å². The number of carboxylic acids is 1. The average Bonchev–Trinajstić information content (AvgIpc) is 2.16. The van der Waals surface area contributed by atoms with E-state index < -0.39 is 21.2 Å². The lowest BCUT2D eigenvalue weighted by Gasteiger charge is -2.29. The Morgan fingerprint density at radius 2 is 1.71 bits per heavy atom. The summed E-state index contributed by atoms with van der Waals surface area (Å²) in [4.78, 5) is 24.1. The van der Waals surface area contributed by atoms with Crippen LogP contribution in [-0.4, -0.2) is 54.9 Å². The molecule has 1 aliphatic rings. The Hall–Kier alpha value is -1.11. The van der Waals surface area contributed by atoms with Crippen molar-refractivity contribution in [3.05, 3.63) is 0 Å². The second kappa shape index (κ2) is 4.64. The van der Waals surface area contributed by atoms with E-state index in [2.05, 4.69) is 0 Å². The van der Waals surface area contributed by atoms with Crippen molar-refractivity contribution in [2.75, 3.05) is 24.6 Å². The first kappa shape index (κ1) is 14.0. The molecule has 1 aliphatic heterocycles. The number of amides is 1. The number of aliphatic carboxylic acids is 1. The lowest BCUT2D eigenvalue weighted by atomic mass is 9.89. The minimum atomic E-state index is -3.02. The zero-order chi connectivity index (χ0) is 13.3. The van der Waals surface area contributed by atoms with Crippen LogP contribution in [0, 0.1) is 5.41 Å². The number of carboxylic acid groups (broad SMARTS) is 1. The third-order valence-electron chi connectivity index (χ3n) is 2.87. The van der Waals surface area contributed by atoms with Gasteiger partial charge in [0.2, 0.25) is 5.91 Å². The second-order valence-electron chi connectivity index (χ2n) is 4.90. The van der Waals surface area contributed by atoms with E-state index in [1.165, 1.54) is 18.7 Å². The molecule has 6 nitrogen and oxygen atoms in total. The van der Waals surface area contributed by atoms with Crippen LogP contribution in [0.2, 0.25) is 0 Å². The van der Waals surface area contributed by atoms with Crippen molar-refractivity contribution in [1.29, 1.82) is 0 Å². The molecule has 1 rings (SSSR count). The molecule has 0 aromatic heterocycles. The normalized spacial score (nSPS) is 20.0. The zero-order valence-corrected chi connectivity index (χ0v) is 10.8. The fraction of sp³-hybridized carbons (Fsp3) is 0.800. The summed E-state index contributed by atoms with van der Waals surface area (Å²) < 4.78 is 22.4. The molecule has 0 radical (unpaired) electrons. The summed E-state index contributed by atoms with van der Waals surface area (Å²) >= 11 is 0. The van der Waals surface area contributed by atoms with Gasteiger partial charge < -0.3 is 10.0 Å². The summed E-state index contributed by atoms with van der Waals surface area (Å²) in [6, 6.07) is 0. The van der Waals surface area contributed by atoms with Crippen LogP contribution in [0.25, 0.3) is 0 Å². The predicted molar refractivity (Wildman–Crippen MR) is 61.3 cm³/mol. The minimum Gasteiger partial charge on any atom is -0.481 e. The average molecular weight is 263 g/mol. The highest BCUT2D eigenvalue weighted by Gasteiger charge is 2.33. The molecule has 0 atom stereocenters. The van der Waals surface area contributed by atoms with Crippen LogP contribution in [-0.2, 0) is 19.4 Å². The van der Waals surface area contributed by atoms with Crippen LogP contribution in [0.15, 0.2) is 0 Å². The standard InChI is InChI=1S/C10H17NO5S/c1-10(2,9(13)14)7-8(12)11-3-5-17(15,16)6-4-11/h3-7H2,1-2H3,(H,13,14). The number of nitrogens with zero attached hydrogens (tertiary/aromatic N) is 1. The first-order chi connectivity index (χ1) is 7.64. The van der Waals surface area contributed by atoms with Crippen LogP contribution in [0.5, 0.6) is 0 Å². The van der Waals surface area contributed by atoms with Crippen LogP contribution < -0.4 is 0 Å². The molecular formula is C10H17NO5S. The third kappa shape index (κ3) is 3.69. The molecular weight excluding hydrogens is 246 g/mol. The van der Waals surface area contributed by atoms with Crippen LogP contribution in [0.4, 0.5) is 0 Å². The van der Waals surface area contributed by atoms with E-state index in [9.17, 15) is 18.0 Å². The van der Waals surface area contributed by atoms with Gasteiger partial charge in [-0.15, -0.1) is 0 Å². The number of carbonyl (C=O) groups is 2. The second-order valence-corrected chi connectivity index (χ2v) is 7.20. The molecule has 1 N–H and O–H groups in total. The summed E-state index contributed by atoms with van der Waals surface area (Å²) in [5.74, 6) is -1.40. The van der Waals surface area contributed by atoms with Crippen molar-refractivity contribution >= 4 is 21.7 Å². The number of hydrogen-bond donors (Lipinski definition) is 1. The first-order valence-electron chi connectivity index (χ1n) is 5.36. The van der Waals surface area contributed by atoms with E-state index in [-0.39, 0.29) is 36.9 Å². The summed E-state index contributed by atoms with van der Waals surface area (Å²) in [6.45, 7) is 3.29. The zero-order valence-electron chi connectivity index (χ0n) is 9.97. The third-order valence-corrected chi connectivity index (χ3v) is 4.48. The van der Waals surface area contributed by atoms with Gasteiger partial charge in [-0.1, -0.05) is 0 Å². The molecule has 1 amide bonds. The summed E-state index contributed by atoms with van der Waals surface area (Å²) in [5, 5.41) is 8.90. The minimum absolute atomic E-state index is 0.0355. The van der Waals surface area contributed by atoms with Gasteiger partial charge in [0.25, 0.3) is 0 Å². The van der Waals surface area contributed by atoms with E-state index in [0.29, 0.717) is 0 Å². The van der Waals surface area contributed by atoms with Crippen LogP contribution in [0.3, 0.4) is 0 Å². The van der Waals surface area contributed by atoms with Gasteiger partial charge in [0.05, 0.1) is 16.9 Å². The van der Waals surface area contributed by atoms with Gasteiger partial charge in [-0.3, -0.25) is 9.59 Å². The van der Waals surface area contributed by atoms with Crippen molar-refractivity contribution in [2.45, 2.75) is 20.3 Å². The molecule has 0 bridgehead atoms. The Bertz CT molecular complexity index is 412. The molecule has 0 spiro atoms. The van der Waals surface area contributed by atoms with E-state index in [1.807, 2.05) is 0 Å². The van der Waals surface area contributed by atoms with Gasteiger partial charge in [-0.25, -0.2) is 8.42 Å². The highest BCUT2D eigenvalue weighted by molar-refractivity contribution is 7.91. The quantitative estimate of drug-likeness (QED) is 0.757. The number of sulfone groups is 1. The molecule has 0 saturated carbocycles. The maximum atomic E-state index is 11.8. The van der Waals surface area contributed by atoms with Crippen LogP contribution >= 0.6 is 0 Å². The van der Waals surface area contributed by atoms with Gasteiger partial charge >= 0.3 is 5.97 Å². The molecule has 0 aromatic rings. The van der Waals surface area contributed by atoms with Gasteiger partial charge in [0.1, 0.15) is 0 Å². The smallest absolute Gasteiger partial charge is 0.309 e. The lowest BCUT2D eigenvalue weighted by molar-refractivity contribution is -0.151. The molecule has 1 saturated heterocycles. The van der Waals surface area contributed by atoms with Crippen molar-refractivity contribution < 1.29 is 23.1 Å². The van der Waals surface area contributed by atoms with E-state index in [0.717, 1.165) is 0 Å². The predicted octanol–water partition coefficient (Wildman–Crippen LogP) is -0.256. The molecule has 0 aromatic carbocycles. The number of rotatable bonds is 3. The number of carbonyl (C=O) groups excluding carboxylic acids is 1. The van der Waals surface area contributed by atoms with Gasteiger partial charge in [-0.05, 0) is 13.8 Å². The first-order valence-corrected chi connectivity index (χ1v) is 7.18. The molecule has 1 heterocycles. The van der Waals surface area contributed by atoms with E-state index in [4.69, 9.17) is 5.11 Å². The largest absolute Gasteiger partial charge is 0.481 e. The fourth-order valence-corrected chi connectivity index (χ4v) is 2.73. The number of hydrogen-bond acceptors (Lipinski definition) is 4. The molecule has 0 aliphatic carbocycles. The topological polar surface area (TPSA) is 91.8 Å². The van der Waals surface area contributed by atoms with Crippen molar-refractivity contribution in [3.63, 3.8) is 0 Å². The Morgan fingerprint density at radius 1 is 1.24 bits per heavy atom. The van der Waals surface area contributed by atoms with Gasteiger partial charge in [-0.2, -0.15) is 0 Å². The van der Waals surface area contributed by atoms with E-state index >= 15 is 0 Å². The van der Waals surface area contributed by atoms with Crippen molar-refractivity contribution in [1.82, 2.24) is 4.90 Å². The molecule has 98 valence electrons. The maximum absolute atomic E-state index is 11.8. The Morgan fingerprint density at radius 3 is 2.12 bits per heavy atom. The Balaban J connectivity index is 2.59. The summed E-state index contributed by atoms with van der Waals surface area (Å²) in [6.07, 6.45) is -0.109. The lowest BCUT2D eigenvalue weighted by Crippen LogP contribution is -2.45. The van der Waals surface area contributed by atoms with Gasteiger partial charge in [0.15, 0.2) is 9.84 Å². The molecule has 0 unspecified atom stereocenters. The SMILES string of the molecule is CC(C)(CC(=O)N1CCS(=O)(=O)CC1)C(=O)O. The van der Waals surface area contributed by atoms with E-state index in [1.54, 1.807) is 0 Å². The molecule has 1 fully saturated rings. The van der Waals surface area contributed by atoms with Gasteiger partial charge in [0, 0.05) is 19.5 Å². The monoisotopic (exact) mass is 263 g/mol. The summed E-state index contributed by atoms with van der Waals surface area (Å²) in [5.41, 5.74) is -1.12. The van der Waals surface area contributed by atoms with Crippen molar-refractivity contribution in [3.8, 4) is 0 Å². The molecule has 17 heavy (non-hydrogen) atoms. The highest BCUT2D eigenvalue weighted by Crippen LogP contribution is 2.22. The fourth-order valence-electron chi connectivity index (χ4n) is 1.53. The highest BCUT2D eigenvalue weighted by atomic mass is 32.2. The molecule has 7 heteroatoms. The summed E-state index contributed by atoms with van der Waals surface area (Å²) in [7, 11) is -3.02.